The van der Waals surface area contributed by atoms with E-state index in [2.05, 4.69) is 23.7 Å². The first-order chi connectivity index (χ1) is 10.8. The normalized spacial score (nSPS) is 13.9. The summed E-state index contributed by atoms with van der Waals surface area (Å²) < 4.78 is 10.4. The van der Waals surface area contributed by atoms with Crippen molar-refractivity contribution in [1.29, 1.82) is 0 Å². The predicted molar refractivity (Wildman–Crippen MR) is 89.5 cm³/mol. The van der Waals surface area contributed by atoms with Gasteiger partial charge in [0, 0.05) is 24.8 Å². The lowest BCUT2D eigenvalue weighted by atomic mass is 9.97. The van der Waals surface area contributed by atoms with Crippen molar-refractivity contribution < 1.29 is 19.1 Å². The average Bonchev–Trinajstić information content (AvgIpc) is 2.92. The molecule has 0 saturated carbocycles. The first kappa shape index (κ1) is 19.6. The van der Waals surface area contributed by atoms with E-state index in [9.17, 15) is 9.59 Å². The molecule has 0 aliphatic heterocycles. The van der Waals surface area contributed by atoms with Crippen LogP contribution in [-0.4, -0.2) is 48.6 Å². The summed E-state index contributed by atoms with van der Waals surface area (Å²) in [7, 11) is 4.00. The van der Waals surface area contributed by atoms with Gasteiger partial charge in [-0.05, 0) is 26.9 Å². The van der Waals surface area contributed by atoms with Crippen molar-refractivity contribution >= 4 is 23.3 Å². The SMILES string of the molecule is CCOC(=O)c1csc([C@@H](C[C@H](C(C)C)N(C)C)OC(C)=O)n1. The van der Waals surface area contributed by atoms with E-state index >= 15 is 0 Å². The molecule has 0 bridgehead atoms. The fourth-order valence-electron chi connectivity index (χ4n) is 2.43. The zero-order valence-electron chi connectivity index (χ0n) is 14.7. The van der Waals surface area contributed by atoms with Crippen LogP contribution in [0.15, 0.2) is 5.38 Å². The van der Waals surface area contributed by atoms with Crippen molar-refractivity contribution in [2.24, 2.45) is 5.92 Å². The lowest BCUT2D eigenvalue weighted by Crippen LogP contribution is -2.35. The summed E-state index contributed by atoms with van der Waals surface area (Å²) in [5.41, 5.74) is 0.259. The molecule has 0 spiro atoms. The van der Waals surface area contributed by atoms with Gasteiger partial charge in [0.25, 0.3) is 0 Å². The monoisotopic (exact) mass is 342 g/mol. The molecule has 1 aromatic heterocycles. The number of thiazole rings is 1. The van der Waals surface area contributed by atoms with Crippen LogP contribution in [0.1, 0.15) is 55.7 Å². The van der Waals surface area contributed by atoms with E-state index < -0.39 is 12.1 Å². The van der Waals surface area contributed by atoms with Crippen molar-refractivity contribution in [2.45, 2.75) is 46.3 Å². The molecule has 1 rings (SSSR count). The molecule has 0 saturated heterocycles. The van der Waals surface area contributed by atoms with Crippen LogP contribution in [0.5, 0.6) is 0 Å². The molecule has 130 valence electrons. The van der Waals surface area contributed by atoms with Gasteiger partial charge in [0.15, 0.2) is 11.8 Å². The van der Waals surface area contributed by atoms with Crippen LogP contribution >= 0.6 is 11.3 Å². The van der Waals surface area contributed by atoms with Crippen molar-refractivity contribution in [1.82, 2.24) is 9.88 Å². The largest absolute Gasteiger partial charge is 0.461 e. The molecular formula is C16H26N2O4S. The molecule has 23 heavy (non-hydrogen) atoms. The number of hydrogen-bond acceptors (Lipinski definition) is 7. The minimum Gasteiger partial charge on any atom is -0.461 e. The Morgan fingerprint density at radius 3 is 2.48 bits per heavy atom. The third-order valence-corrected chi connectivity index (χ3v) is 4.42. The highest BCUT2D eigenvalue weighted by molar-refractivity contribution is 7.09. The van der Waals surface area contributed by atoms with Gasteiger partial charge in [-0.25, -0.2) is 9.78 Å². The smallest absolute Gasteiger partial charge is 0.357 e. The Balaban J connectivity index is 2.97. The number of aromatic nitrogens is 1. The molecular weight excluding hydrogens is 316 g/mol. The van der Waals surface area contributed by atoms with Crippen LogP contribution in [0.4, 0.5) is 0 Å². The quantitative estimate of drug-likeness (QED) is 0.677. The molecule has 7 heteroatoms. The van der Waals surface area contributed by atoms with E-state index in [0.717, 1.165) is 0 Å². The second-order valence-electron chi connectivity index (χ2n) is 5.90. The van der Waals surface area contributed by atoms with Gasteiger partial charge < -0.3 is 14.4 Å². The van der Waals surface area contributed by atoms with Gasteiger partial charge in [0.1, 0.15) is 5.01 Å². The fourth-order valence-corrected chi connectivity index (χ4v) is 3.26. The van der Waals surface area contributed by atoms with Gasteiger partial charge in [0.2, 0.25) is 0 Å². The van der Waals surface area contributed by atoms with E-state index in [1.807, 2.05) is 14.1 Å². The maximum Gasteiger partial charge on any atom is 0.357 e. The Morgan fingerprint density at radius 1 is 1.35 bits per heavy atom. The standard InChI is InChI=1S/C16H26N2O4S/c1-7-21-16(20)12-9-23-15(17-12)14(22-11(4)19)8-13(10(2)3)18(5)6/h9-10,13-14H,7-8H2,1-6H3/t13-,14-/m1/s1. The van der Waals surface area contributed by atoms with E-state index in [-0.39, 0.29) is 17.7 Å². The zero-order chi connectivity index (χ0) is 17.6. The van der Waals surface area contributed by atoms with Gasteiger partial charge in [-0.3, -0.25) is 4.79 Å². The molecule has 6 nitrogen and oxygen atoms in total. The molecule has 0 fully saturated rings. The second kappa shape index (κ2) is 8.98. The second-order valence-corrected chi connectivity index (χ2v) is 6.79. The molecule has 1 aromatic rings. The molecule has 0 amide bonds. The number of esters is 2. The lowest BCUT2D eigenvalue weighted by molar-refractivity contribution is -0.147. The summed E-state index contributed by atoms with van der Waals surface area (Å²) >= 11 is 1.31. The van der Waals surface area contributed by atoms with E-state index in [1.54, 1.807) is 12.3 Å². The van der Waals surface area contributed by atoms with Gasteiger partial charge >= 0.3 is 11.9 Å². The van der Waals surface area contributed by atoms with E-state index in [0.29, 0.717) is 24.0 Å². The first-order valence-electron chi connectivity index (χ1n) is 7.72. The Morgan fingerprint density at radius 2 is 2.00 bits per heavy atom. The van der Waals surface area contributed by atoms with Crippen LogP contribution < -0.4 is 0 Å². The molecule has 0 aromatic carbocycles. The summed E-state index contributed by atoms with van der Waals surface area (Å²) in [6.07, 6.45) is 0.163. The first-order valence-corrected chi connectivity index (χ1v) is 8.60. The number of ether oxygens (including phenoxy) is 2. The third-order valence-electron chi connectivity index (χ3n) is 3.48. The Labute approximate surface area is 141 Å². The summed E-state index contributed by atoms with van der Waals surface area (Å²) in [5.74, 6) is -0.415. The zero-order valence-corrected chi connectivity index (χ0v) is 15.5. The van der Waals surface area contributed by atoms with Gasteiger partial charge in [0.05, 0.1) is 6.61 Å². The summed E-state index contributed by atoms with van der Waals surface area (Å²) in [5, 5.41) is 2.26. The van der Waals surface area contributed by atoms with Crippen molar-refractivity contribution in [3.05, 3.63) is 16.1 Å². The van der Waals surface area contributed by atoms with Crippen LogP contribution in [0.2, 0.25) is 0 Å². The Hall–Kier alpha value is -1.47. The Bertz CT molecular complexity index is 520. The van der Waals surface area contributed by atoms with Crippen LogP contribution in [-0.2, 0) is 14.3 Å². The number of rotatable bonds is 8. The summed E-state index contributed by atoms with van der Waals surface area (Å²) in [6.45, 7) is 7.68. The van der Waals surface area contributed by atoms with Crippen LogP contribution in [0.3, 0.4) is 0 Å². The molecule has 0 N–H and O–H groups in total. The maximum atomic E-state index is 11.7. The van der Waals surface area contributed by atoms with Crippen molar-refractivity contribution in [3.63, 3.8) is 0 Å². The van der Waals surface area contributed by atoms with Crippen LogP contribution in [0, 0.1) is 5.92 Å². The van der Waals surface area contributed by atoms with Crippen molar-refractivity contribution in [2.75, 3.05) is 20.7 Å². The molecule has 0 unspecified atom stereocenters. The minimum atomic E-state index is -0.463. The highest BCUT2D eigenvalue weighted by Crippen LogP contribution is 2.29. The highest BCUT2D eigenvalue weighted by atomic mass is 32.1. The Kier molecular flexibility index (Phi) is 7.64. The molecule has 0 radical (unpaired) electrons. The van der Waals surface area contributed by atoms with E-state index in [1.165, 1.54) is 18.3 Å². The molecule has 1 heterocycles. The van der Waals surface area contributed by atoms with Crippen molar-refractivity contribution in [3.8, 4) is 0 Å². The van der Waals surface area contributed by atoms with E-state index in [4.69, 9.17) is 9.47 Å². The molecule has 0 aliphatic carbocycles. The average molecular weight is 342 g/mol. The summed E-state index contributed by atoms with van der Waals surface area (Å²) in [4.78, 5) is 29.6. The lowest BCUT2D eigenvalue weighted by Gasteiger charge is -2.30. The van der Waals surface area contributed by atoms with Crippen LogP contribution in [0.25, 0.3) is 0 Å². The van der Waals surface area contributed by atoms with Gasteiger partial charge in [-0.2, -0.15) is 0 Å². The molecule has 0 aliphatic rings. The highest BCUT2D eigenvalue weighted by Gasteiger charge is 2.27. The number of carbonyl (C=O) groups is 2. The number of carbonyl (C=O) groups excluding carboxylic acids is 2. The predicted octanol–water partition coefficient (Wildman–Crippen LogP) is 2.90. The summed E-state index contributed by atoms with van der Waals surface area (Å²) in [6, 6.07) is 0.231. The number of nitrogens with zero attached hydrogens (tertiary/aromatic N) is 2. The number of hydrogen-bond donors (Lipinski definition) is 0. The topological polar surface area (TPSA) is 68.7 Å². The fraction of sp³-hybridized carbons (Fsp3) is 0.688. The van der Waals surface area contributed by atoms with Gasteiger partial charge in [-0.1, -0.05) is 13.8 Å². The molecule has 2 atom stereocenters. The maximum absolute atomic E-state index is 11.7. The van der Waals surface area contributed by atoms with Gasteiger partial charge in [-0.15, -0.1) is 11.3 Å². The third kappa shape index (κ3) is 5.91. The minimum absolute atomic E-state index is 0.231.